The van der Waals surface area contributed by atoms with E-state index >= 15 is 0 Å². The Kier molecular flexibility index (Phi) is 2.97. The molecule has 1 N–H and O–H groups in total. The van der Waals surface area contributed by atoms with Gasteiger partial charge in [0, 0.05) is 5.39 Å². The van der Waals surface area contributed by atoms with E-state index in [0.29, 0.717) is 0 Å². The zero-order valence-corrected chi connectivity index (χ0v) is 10.6. The monoisotopic (exact) mass is 239 g/mol. The van der Waals surface area contributed by atoms with E-state index in [1.807, 2.05) is 6.07 Å². The van der Waals surface area contributed by atoms with Crippen molar-refractivity contribution >= 4 is 10.9 Å². The molecule has 2 aliphatic rings. The van der Waals surface area contributed by atoms with Crippen molar-refractivity contribution in [2.45, 2.75) is 32.6 Å². The first-order valence-corrected chi connectivity index (χ1v) is 6.61. The van der Waals surface area contributed by atoms with E-state index < -0.39 is 0 Å². The van der Waals surface area contributed by atoms with Crippen molar-refractivity contribution in [2.75, 3.05) is 0 Å². The second-order valence-corrected chi connectivity index (χ2v) is 4.66. The van der Waals surface area contributed by atoms with Crippen LogP contribution >= 0.6 is 0 Å². The standard InChI is InChI=1S/C15H17N3/c1-2-3-4-9-13-15-14(17-10-16-13)11-7-5-6-8-12(11)18-15/h5-8,10H,2-4,9H2,1H3,(H,16,17). The van der Waals surface area contributed by atoms with E-state index in [0.717, 1.165) is 29.0 Å². The molecule has 0 fully saturated rings. The van der Waals surface area contributed by atoms with Crippen LogP contribution in [-0.4, -0.2) is 15.0 Å². The minimum Gasteiger partial charge on any atom is -0.344 e. The molecule has 0 aromatic heterocycles. The highest BCUT2D eigenvalue weighted by Crippen LogP contribution is 2.30. The number of hydrogen-bond donors (Lipinski definition) is 1. The molecular formula is C15H17N3. The van der Waals surface area contributed by atoms with Gasteiger partial charge in [-0.05, 0) is 18.9 Å². The number of nitrogens with zero attached hydrogens (tertiary/aromatic N) is 2. The largest absolute Gasteiger partial charge is 0.344 e. The predicted molar refractivity (Wildman–Crippen MR) is 73.7 cm³/mol. The molecular weight excluding hydrogens is 222 g/mol. The molecule has 0 amide bonds. The second-order valence-electron chi connectivity index (χ2n) is 4.66. The number of H-pyrrole nitrogens is 1. The zero-order chi connectivity index (χ0) is 12.4. The first kappa shape index (κ1) is 11.2. The van der Waals surface area contributed by atoms with Gasteiger partial charge < -0.3 is 4.98 Å². The SMILES string of the molecule is CCCCCc1nc[nH]c2c3ccccc3nc1-2. The smallest absolute Gasteiger partial charge is 0.109 e. The van der Waals surface area contributed by atoms with Crippen LogP contribution in [0.25, 0.3) is 22.3 Å². The van der Waals surface area contributed by atoms with Crippen LogP contribution in [0.4, 0.5) is 0 Å². The van der Waals surface area contributed by atoms with E-state index in [2.05, 4.69) is 35.1 Å². The van der Waals surface area contributed by atoms with Crippen LogP contribution in [0.3, 0.4) is 0 Å². The summed E-state index contributed by atoms with van der Waals surface area (Å²) in [5, 5.41) is 1.19. The molecule has 18 heavy (non-hydrogen) atoms. The van der Waals surface area contributed by atoms with Gasteiger partial charge in [0.05, 0.1) is 23.2 Å². The molecule has 92 valence electrons. The van der Waals surface area contributed by atoms with Crippen molar-refractivity contribution in [2.24, 2.45) is 0 Å². The van der Waals surface area contributed by atoms with Gasteiger partial charge in [0.2, 0.25) is 0 Å². The second kappa shape index (κ2) is 4.77. The van der Waals surface area contributed by atoms with E-state index in [-0.39, 0.29) is 0 Å². The number of nitrogens with one attached hydrogen (secondary N) is 1. The number of hydrogen-bond acceptors (Lipinski definition) is 2. The van der Waals surface area contributed by atoms with Crippen molar-refractivity contribution in [3.8, 4) is 11.4 Å². The van der Waals surface area contributed by atoms with Crippen molar-refractivity contribution in [1.29, 1.82) is 0 Å². The molecule has 2 aliphatic heterocycles. The lowest BCUT2D eigenvalue weighted by Gasteiger charge is -2.05. The lowest BCUT2D eigenvalue weighted by Crippen LogP contribution is -1.97. The molecule has 3 rings (SSSR count). The van der Waals surface area contributed by atoms with Gasteiger partial charge in [0.1, 0.15) is 5.69 Å². The third-order valence-electron chi connectivity index (χ3n) is 3.36. The summed E-state index contributed by atoms with van der Waals surface area (Å²) in [6.07, 6.45) is 6.48. The summed E-state index contributed by atoms with van der Waals surface area (Å²) in [7, 11) is 0. The van der Waals surface area contributed by atoms with Gasteiger partial charge in [0.25, 0.3) is 0 Å². The van der Waals surface area contributed by atoms with E-state index in [1.165, 1.54) is 24.6 Å². The third-order valence-corrected chi connectivity index (χ3v) is 3.36. The van der Waals surface area contributed by atoms with Gasteiger partial charge in [-0.1, -0.05) is 38.0 Å². The van der Waals surface area contributed by atoms with Crippen LogP contribution in [0, 0.1) is 0 Å². The molecule has 3 nitrogen and oxygen atoms in total. The van der Waals surface area contributed by atoms with E-state index in [4.69, 9.17) is 4.98 Å². The Hall–Kier alpha value is -1.90. The fourth-order valence-electron chi connectivity index (χ4n) is 2.40. The normalized spacial score (nSPS) is 11.4. The highest BCUT2D eigenvalue weighted by atomic mass is 14.9. The minimum absolute atomic E-state index is 1.02. The number of aromatic nitrogens is 3. The highest BCUT2D eigenvalue weighted by Gasteiger charge is 2.16. The Labute approximate surface area is 107 Å². The number of benzene rings is 1. The highest BCUT2D eigenvalue weighted by molar-refractivity contribution is 5.95. The fraction of sp³-hybridized carbons (Fsp3) is 0.333. The summed E-state index contributed by atoms with van der Waals surface area (Å²) in [5.74, 6) is 0. The van der Waals surface area contributed by atoms with Gasteiger partial charge in [-0.15, -0.1) is 0 Å². The summed E-state index contributed by atoms with van der Waals surface area (Å²) in [5.41, 5.74) is 4.32. The van der Waals surface area contributed by atoms with Gasteiger partial charge in [0.15, 0.2) is 0 Å². The number of rotatable bonds is 4. The summed E-state index contributed by atoms with van der Waals surface area (Å²) in [4.78, 5) is 12.4. The first-order chi connectivity index (χ1) is 8.90. The zero-order valence-electron chi connectivity index (χ0n) is 10.6. The summed E-state index contributed by atoms with van der Waals surface area (Å²) in [6, 6.07) is 8.24. The third kappa shape index (κ3) is 1.86. The van der Waals surface area contributed by atoms with Crippen LogP contribution in [0.15, 0.2) is 30.6 Å². The molecule has 0 saturated carbocycles. The maximum Gasteiger partial charge on any atom is 0.109 e. The van der Waals surface area contributed by atoms with Crippen molar-refractivity contribution < 1.29 is 0 Å². The average molecular weight is 239 g/mol. The van der Waals surface area contributed by atoms with Crippen LogP contribution < -0.4 is 0 Å². The molecule has 3 heteroatoms. The first-order valence-electron chi connectivity index (χ1n) is 6.61. The van der Waals surface area contributed by atoms with E-state index in [1.54, 1.807) is 6.33 Å². The average Bonchev–Trinajstić information content (AvgIpc) is 2.79. The Balaban J connectivity index is 2.04. The Morgan fingerprint density at radius 2 is 2.06 bits per heavy atom. The molecule has 0 unspecified atom stereocenters. The maximum atomic E-state index is 4.70. The predicted octanol–water partition coefficient (Wildman–Crippen LogP) is 3.80. The minimum atomic E-state index is 1.02. The van der Waals surface area contributed by atoms with Crippen LogP contribution in [0.5, 0.6) is 0 Å². The molecule has 2 heterocycles. The molecule has 1 aromatic rings. The molecule has 0 radical (unpaired) electrons. The van der Waals surface area contributed by atoms with Gasteiger partial charge in [-0.3, -0.25) is 0 Å². The number of aryl methyl sites for hydroxylation is 1. The molecule has 1 aromatic carbocycles. The summed E-state index contributed by atoms with van der Waals surface area (Å²) < 4.78 is 0. The lowest BCUT2D eigenvalue weighted by atomic mass is 10.1. The van der Waals surface area contributed by atoms with E-state index in [9.17, 15) is 0 Å². The molecule has 0 saturated heterocycles. The number of aromatic amines is 1. The Morgan fingerprint density at radius 3 is 2.94 bits per heavy atom. The van der Waals surface area contributed by atoms with Gasteiger partial charge >= 0.3 is 0 Å². The van der Waals surface area contributed by atoms with Crippen LogP contribution in [-0.2, 0) is 6.42 Å². The number of unbranched alkanes of at least 4 members (excludes halogenated alkanes) is 2. The molecule has 0 atom stereocenters. The van der Waals surface area contributed by atoms with Crippen molar-refractivity contribution in [1.82, 2.24) is 15.0 Å². The van der Waals surface area contributed by atoms with Gasteiger partial charge in [-0.2, -0.15) is 0 Å². The maximum absolute atomic E-state index is 4.70. The fourth-order valence-corrected chi connectivity index (χ4v) is 2.40. The number of fused-ring (bicyclic) bond motifs is 3. The molecule has 0 bridgehead atoms. The summed E-state index contributed by atoms with van der Waals surface area (Å²) in [6.45, 7) is 2.22. The Bertz CT molecular complexity index is 627. The molecule has 0 spiro atoms. The number of para-hydroxylation sites is 1. The molecule has 0 aliphatic carbocycles. The van der Waals surface area contributed by atoms with Crippen molar-refractivity contribution in [3.63, 3.8) is 0 Å². The van der Waals surface area contributed by atoms with Crippen LogP contribution in [0.2, 0.25) is 0 Å². The quantitative estimate of drug-likeness (QED) is 0.704. The topological polar surface area (TPSA) is 41.6 Å². The van der Waals surface area contributed by atoms with Crippen LogP contribution in [0.1, 0.15) is 31.9 Å². The van der Waals surface area contributed by atoms with Crippen molar-refractivity contribution in [3.05, 3.63) is 36.3 Å². The van der Waals surface area contributed by atoms with Gasteiger partial charge in [-0.25, -0.2) is 9.97 Å². The lowest BCUT2D eigenvalue weighted by molar-refractivity contribution is 0.705. The summed E-state index contributed by atoms with van der Waals surface area (Å²) >= 11 is 0. The Morgan fingerprint density at radius 1 is 1.17 bits per heavy atom.